The minimum absolute atomic E-state index is 0.0732. The molecule has 5 nitrogen and oxygen atoms in total. The van der Waals surface area contributed by atoms with Gasteiger partial charge in [0.15, 0.2) is 0 Å². The number of likely N-dealkylation sites (tertiary alicyclic amines) is 1. The van der Waals surface area contributed by atoms with Crippen LogP contribution in [0, 0.1) is 5.92 Å². The lowest BCUT2D eigenvalue weighted by atomic mass is 10.00. The van der Waals surface area contributed by atoms with Gasteiger partial charge >= 0.3 is 0 Å². The van der Waals surface area contributed by atoms with Gasteiger partial charge in [0.25, 0.3) is 5.91 Å². The summed E-state index contributed by atoms with van der Waals surface area (Å²) in [4.78, 5) is 26.6. The Morgan fingerprint density at radius 1 is 1.12 bits per heavy atom. The van der Waals surface area contributed by atoms with Crippen LogP contribution in [0.3, 0.4) is 0 Å². The third kappa shape index (κ3) is 3.87. The number of carbonyl (C=O) groups is 1. The molecule has 1 aromatic rings. The molecule has 132 valence electrons. The van der Waals surface area contributed by atoms with Crippen molar-refractivity contribution < 1.29 is 4.79 Å². The molecule has 0 N–H and O–H groups in total. The highest BCUT2D eigenvalue weighted by Crippen LogP contribution is 2.23. The van der Waals surface area contributed by atoms with Crippen LogP contribution in [-0.2, 0) is 0 Å². The van der Waals surface area contributed by atoms with E-state index in [1.807, 2.05) is 11.0 Å². The Bertz CT molecular complexity index is 581. The normalized spacial score (nSPS) is 22.1. The van der Waals surface area contributed by atoms with Crippen molar-refractivity contribution in [1.29, 1.82) is 0 Å². The molecule has 0 saturated carbocycles. The molecule has 2 saturated heterocycles. The van der Waals surface area contributed by atoms with Gasteiger partial charge in [-0.05, 0) is 50.0 Å². The second-order valence-corrected chi connectivity index (χ2v) is 7.68. The first-order chi connectivity index (χ1) is 11.5. The van der Waals surface area contributed by atoms with E-state index in [-0.39, 0.29) is 5.91 Å². The Morgan fingerprint density at radius 2 is 1.88 bits per heavy atom. The molecule has 1 aromatic heterocycles. The van der Waals surface area contributed by atoms with Crippen LogP contribution in [0.5, 0.6) is 0 Å². The van der Waals surface area contributed by atoms with Crippen molar-refractivity contribution in [3.8, 4) is 0 Å². The maximum absolute atomic E-state index is 13.0. The van der Waals surface area contributed by atoms with E-state index >= 15 is 0 Å². The minimum Gasteiger partial charge on any atom is -0.341 e. The van der Waals surface area contributed by atoms with Crippen molar-refractivity contribution in [2.24, 2.45) is 5.92 Å². The summed E-state index contributed by atoms with van der Waals surface area (Å²) in [5.74, 6) is 1.69. The van der Waals surface area contributed by atoms with Gasteiger partial charge in [-0.15, -0.1) is 0 Å². The number of aromatic nitrogens is 2. The van der Waals surface area contributed by atoms with E-state index in [2.05, 4.69) is 30.7 Å². The number of carbonyl (C=O) groups excluding carboxylic acids is 1. The van der Waals surface area contributed by atoms with Gasteiger partial charge in [0.05, 0.1) is 0 Å². The Labute approximate surface area is 145 Å². The summed E-state index contributed by atoms with van der Waals surface area (Å²) < 4.78 is 0. The van der Waals surface area contributed by atoms with Crippen LogP contribution < -0.4 is 4.90 Å². The maximum atomic E-state index is 13.0. The van der Waals surface area contributed by atoms with E-state index in [0.717, 1.165) is 44.2 Å². The lowest BCUT2D eigenvalue weighted by molar-refractivity contribution is 0.0676. The van der Waals surface area contributed by atoms with E-state index in [0.29, 0.717) is 17.5 Å². The molecule has 0 spiro atoms. The van der Waals surface area contributed by atoms with Crippen LogP contribution in [0.15, 0.2) is 6.07 Å². The highest BCUT2D eigenvalue weighted by atomic mass is 16.2. The van der Waals surface area contributed by atoms with Crippen molar-refractivity contribution >= 4 is 11.9 Å². The van der Waals surface area contributed by atoms with E-state index in [4.69, 9.17) is 4.98 Å². The molecule has 3 heterocycles. The zero-order chi connectivity index (χ0) is 17.1. The molecule has 3 rings (SSSR count). The fourth-order valence-corrected chi connectivity index (χ4v) is 3.63. The van der Waals surface area contributed by atoms with E-state index in [9.17, 15) is 4.79 Å². The number of amides is 1. The second-order valence-electron chi connectivity index (χ2n) is 7.68. The molecule has 2 fully saturated rings. The fourth-order valence-electron chi connectivity index (χ4n) is 3.63. The zero-order valence-corrected chi connectivity index (χ0v) is 15.3. The van der Waals surface area contributed by atoms with Crippen LogP contribution in [0.4, 0.5) is 5.95 Å². The van der Waals surface area contributed by atoms with Crippen LogP contribution in [0.25, 0.3) is 0 Å². The predicted octanol–water partition coefficient (Wildman–Crippen LogP) is 3.46. The van der Waals surface area contributed by atoms with Gasteiger partial charge in [0, 0.05) is 31.9 Å². The fraction of sp³-hybridized carbons (Fsp3) is 0.737. The van der Waals surface area contributed by atoms with Crippen molar-refractivity contribution in [1.82, 2.24) is 14.9 Å². The van der Waals surface area contributed by atoms with E-state index in [1.54, 1.807) is 0 Å². The first-order valence-electron chi connectivity index (χ1n) is 9.48. The summed E-state index contributed by atoms with van der Waals surface area (Å²) in [6, 6.07) is 1.90. The number of hydrogen-bond acceptors (Lipinski definition) is 4. The summed E-state index contributed by atoms with van der Waals surface area (Å²) in [5, 5.41) is 0. The van der Waals surface area contributed by atoms with Crippen LogP contribution in [0.1, 0.15) is 75.0 Å². The summed E-state index contributed by atoms with van der Waals surface area (Å²) in [6.45, 7) is 10.2. The lowest BCUT2D eigenvalue weighted by Gasteiger charge is -2.31. The second kappa shape index (κ2) is 7.49. The number of hydrogen-bond donors (Lipinski definition) is 0. The third-order valence-corrected chi connectivity index (χ3v) is 5.13. The molecule has 0 aliphatic carbocycles. The molecular weight excluding hydrogens is 300 g/mol. The molecular formula is C19H30N4O. The highest BCUT2D eigenvalue weighted by molar-refractivity contribution is 5.92. The number of rotatable bonds is 3. The van der Waals surface area contributed by atoms with Crippen molar-refractivity contribution in [3.63, 3.8) is 0 Å². The lowest BCUT2D eigenvalue weighted by Crippen LogP contribution is -2.40. The summed E-state index contributed by atoms with van der Waals surface area (Å²) >= 11 is 0. The molecule has 0 bridgehead atoms. The molecule has 5 heteroatoms. The van der Waals surface area contributed by atoms with Crippen molar-refractivity contribution in [3.05, 3.63) is 17.5 Å². The topological polar surface area (TPSA) is 49.3 Å². The monoisotopic (exact) mass is 330 g/mol. The summed E-state index contributed by atoms with van der Waals surface area (Å²) in [5.41, 5.74) is 1.54. The SMILES string of the molecule is CC1CCCN(C(=O)c2cc(C(C)C)nc(N3CCCCC3)n2)C1. The van der Waals surface area contributed by atoms with Gasteiger partial charge in [-0.2, -0.15) is 0 Å². The van der Waals surface area contributed by atoms with Gasteiger partial charge in [0.2, 0.25) is 5.95 Å². The Morgan fingerprint density at radius 3 is 2.54 bits per heavy atom. The molecule has 0 aromatic carbocycles. The Balaban J connectivity index is 1.88. The molecule has 2 aliphatic rings. The van der Waals surface area contributed by atoms with E-state index < -0.39 is 0 Å². The Hall–Kier alpha value is -1.65. The molecule has 1 unspecified atom stereocenters. The summed E-state index contributed by atoms with van der Waals surface area (Å²) in [6.07, 6.45) is 5.94. The largest absolute Gasteiger partial charge is 0.341 e. The first kappa shape index (κ1) is 17.2. The van der Waals surface area contributed by atoms with Crippen LogP contribution >= 0.6 is 0 Å². The van der Waals surface area contributed by atoms with Gasteiger partial charge < -0.3 is 9.80 Å². The number of anilines is 1. The van der Waals surface area contributed by atoms with Gasteiger partial charge in [-0.25, -0.2) is 9.97 Å². The zero-order valence-electron chi connectivity index (χ0n) is 15.3. The average molecular weight is 330 g/mol. The predicted molar refractivity (Wildman–Crippen MR) is 96.5 cm³/mol. The average Bonchev–Trinajstić information content (AvgIpc) is 2.61. The number of piperidine rings is 2. The molecule has 0 radical (unpaired) electrons. The standard InChI is InChI=1S/C19H30N4O/c1-14(2)16-12-17(18(24)23-11-7-8-15(3)13-23)21-19(20-16)22-9-5-4-6-10-22/h12,14-15H,4-11,13H2,1-3H3. The quantitative estimate of drug-likeness (QED) is 0.851. The van der Waals surface area contributed by atoms with Crippen LogP contribution in [0.2, 0.25) is 0 Å². The first-order valence-corrected chi connectivity index (χ1v) is 9.48. The van der Waals surface area contributed by atoms with E-state index in [1.165, 1.54) is 25.7 Å². The van der Waals surface area contributed by atoms with Gasteiger partial charge in [0.1, 0.15) is 5.69 Å². The number of nitrogens with zero attached hydrogens (tertiary/aromatic N) is 4. The van der Waals surface area contributed by atoms with Crippen molar-refractivity contribution in [2.45, 2.75) is 58.8 Å². The smallest absolute Gasteiger partial charge is 0.272 e. The molecule has 1 amide bonds. The van der Waals surface area contributed by atoms with Crippen molar-refractivity contribution in [2.75, 3.05) is 31.1 Å². The van der Waals surface area contributed by atoms with Crippen LogP contribution in [-0.4, -0.2) is 47.0 Å². The summed E-state index contributed by atoms with van der Waals surface area (Å²) in [7, 11) is 0. The molecule has 1 atom stereocenters. The molecule has 24 heavy (non-hydrogen) atoms. The molecule has 2 aliphatic heterocycles. The minimum atomic E-state index is 0.0732. The Kier molecular flexibility index (Phi) is 5.36. The highest BCUT2D eigenvalue weighted by Gasteiger charge is 2.25. The third-order valence-electron chi connectivity index (χ3n) is 5.13. The van der Waals surface area contributed by atoms with Gasteiger partial charge in [-0.1, -0.05) is 20.8 Å². The maximum Gasteiger partial charge on any atom is 0.272 e. The van der Waals surface area contributed by atoms with Gasteiger partial charge in [-0.3, -0.25) is 4.79 Å².